The highest BCUT2D eigenvalue weighted by molar-refractivity contribution is 5.95. The van der Waals surface area contributed by atoms with Gasteiger partial charge in [0.25, 0.3) is 5.91 Å². The highest BCUT2D eigenvalue weighted by Gasteiger charge is 2.37. The van der Waals surface area contributed by atoms with Gasteiger partial charge in [-0.15, -0.1) is 0 Å². The van der Waals surface area contributed by atoms with E-state index in [1.165, 1.54) is 6.26 Å². The highest BCUT2D eigenvalue weighted by atomic mass is 16.3. The first-order valence-electron chi connectivity index (χ1n) is 7.94. The van der Waals surface area contributed by atoms with Crippen molar-refractivity contribution in [3.63, 3.8) is 0 Å². The molecule has 2 amide bonds. The van der Waals surface area contributed by atoms with E-state index >= 15 is 0 Å². The molecular formula is C16H22N2O4. The lowest BCUT2D eigenvalue weighted by atomic mass is 9.80. The Balaban J connectivity index is 1.64. The predicted octanol–water partition coefficient (Wildman–Crippen LogP) is 1.31. The van der Waals surface area contributed by atoms with Gasteiger partial charge in [-0.05, 0) is 50.7 Å². The van der Waals surface area contributed by atoms with E-state index in [2.05, 4.69) is 5.32 Å². The van der Waals surface area contributed by atoms with E-state index in [0.29, 0.717) is 13.0 Å². The van der Waals surface area contributed by atoms with Crippen LogP contribution in [0.15, 0.2) is 22.8 Å². The number of nitrogens with one attached hydrogen (secondary N) is 1. The number of aliphatic hydroxyl groups is 1. The van der Waals surface area contributed by atoms with E-state index in [1.807, 2.05) is 0 Å². The van der Waals surface area contributed by atoms with Gasteiger partial charge in [-0.2, -0.15) is 0 Å². The van der Waals surface area contributed by atoms with Crippen molar-refractivity contribution in [2.75, 3.05) is 13.1 Å². The molecule has 6 heteroatoms. The van der Waals surface area contributed by atoms with Gasteiger partial charge in [0.15, 0.2) is 5.76 Å². The zero-order valence-electron chi connectivity index (χ0n) is 12.6. The summed E-state index contributed by atoms with van der Waals surface area (Å²) in [5.74, 6) is -0.163. The molecule has 2 fully saturated rings. The summed E-state index contributed by atoms with van der Waals surface area (Å²) in [6, 6.07) is 2.80. The summed E-state index contributed by atoms with van der Waals surface area (Å²) in [6.45, 7) is 0.826. The van der Waals surface area contributed by atoms with Crippen LogP contribution in [0.1, 0.15) is 49.1 Å². The van der Waals surface area contributed by atoms with Crippen LogP contribution in [0.25, 0.3) is 0 Å². The second-order valence-corrected chi connectivity index (χ2v) is 6.28. The van der Waals surface area contributed by atoms with E-state index in [0.717, 1.165) is 32.1 Å². The summed E-state index contributed by atoms with van der Waals surface area (Å²) in [6.07, 6.45) is 6.37. The fourth-order valence-corrected chi connectivity index (χ4v) is 3.12. The van der Waals surface area contributed by atoms with Gasteiger partial charge in [0.05, 0.1) is 11.9 Å². The Bertz CT molecular complexity index is 536. The second-order valence-electron chi connectivity index (χ2n) is 6.28. The average Bonchev–Trinajstić information content (AvgIpc) is 3.04. The van der Waals surface area contributed by atoms with Crippen molar-refractivity contribution >= 4 is 11.8 Å². The minimum absolute atomic E-state index is 0.181. The molecule has 3 rings (SSSR count). The molecule has 2 aliphatic rings. The van der Waals surface area contributed by atoms with Crippen LogP contribution in [-0.2, 0) is 4.79 Å². The van der Waals surface area contributed by atoms with Crippen molar-refractivity contribution in [3.05, 3.63) is 24.2 Å². The maximum absolute atomic E-state index is 12.4. The maximum Gasteiger partial charge on any atom is 0.290 e. The molecule has 1 aromatic heterocycles. The lowest BCUT2D eigenvalue weighted by molar-refractivity contribution is -0.129. The molecule has 1 aromatic rings. The summed E-state index contributed by atoms with van der Waals surface area (Å²) in [7, 11) is 0. The first-order chi connectivity index (χ1) is 10.6. The zero-order valence-corrected chi connectivity index (χ0v) is 12.6. The number of carbonyl (C=O) groups excluding carboxylic acids is 2. The van der Waals surface area contributed by atoms with Gasteiger partial charge in [0, 0.05) is 13.1 Å². The normalized spacial score (nSPS) is 23.7. The van der Waals surface area contributed by atoms with E-state index in [4.69, 9.17) is 4.42 Å². The molecule has 2 N–H and O–H groups in total. The fourth-order valence-electron chi connectivity index (χ4n) is 3.12. The number of carbonyl (C=O) groups is 2. The third kappa shape index (κ3) is 3.02. The van der Waals surface area contributed by atoms with Gasteiger partial charge in [-0.3, -0.25) is 9.59 Å². The highest BCUT2D eigenvalue weighted by Crippen LogP contribution is 2.30. The molecule has 1 aliphatic heterocycles. The van der Waals surface area contributed by atoms with Crippen LogP contribution in [0.5, 0.6) is 0 Å². The average molecular weight is 306 g/mol. The molecule has 120 valence electrons. The quantitative estimate of drug-likeness (QED) is 0.878. The Hall–Kier alpha value is -1.82. The molecule has 1 unspecified atom stereocenters. The molecular weight excluding hydrogens is 284 g/mol. The molecule has 2 heterocycles. The molecule has 1 saturated heterocycles. The molecule has 0 spiro atoms. The van der Waals surface area contributed by atoms with Gasteiger partial charge in [0.1, 0.15) is 6.04 Å². The van der Waals surface area contributed by atoms with Gasteiger partial charge in [0.2, 0.25) is 5.91 Å². The van der Waals surface area contributed by atoms with Crippen molar-refractivity contribution in [1.29, 1.82) is 0 Å². The van der Waals surface area contributed by atoms with Crippen molar-refractivity contribution in [2.45, 2.75) is 50.2 Å². The Morgan fingerprint density at radius 2 is 2.18 bits per heavy atom. The molecule has 1 saturated carbocycles. The summed E-state index contributed by atoms with van der Waals surface area (Å²) in [5.41, 5.74) is -0.750. The van der Waals surface area contributed by atoms with Crippen LogP contribution >= 0.6 is 0 Å². The van der Waals surface area contributed by atoms with Crippen LogP contribution in [0.2, 0.25) is 0 Å². The third-order valence-corrected chi connectivity index (χ3v) is 4.67. The topological polar surface area (TPSA) is 82.8 Å². The minimum atomic E-state index is -0.750. The Morgan fingerprint density at radius 3 is 2.82 bits per heavy atom. The van der Waals surface area contributed by atoms with E-state index in [9.17, 15) is 14.7 Å². The predicted molar refractivity (Wildman–Crippen MR) is 79.2 cm³/mol. The number of likely N-dealkylation sites (tertiary alicyclic amines) is 1. The van der Waals surface area contributed by atoms with E-state index < -0.39 is 11.6 Å². The van der Waals surface area contributed by atoms with Crippen molar-refractivity contribution in [2.24, 2.45) is 0 Å². The monoisotopic (exact) mass is 306 g/mol. The molecule has 0 aromatic carbocycles. The van der Waals surface area contributed by atoms with Crippen molar-refractivity contribution in [3.8, 4) is 0 Å². The van der Waals surface area contributed by atoms with Gasteiger partial charge < -0.3 is 19.7 Å². The maximum atomic E-state index is 12.4. The number of amides is 2. The SMILES string of the molecule is O=C(NCC1(O)CCC1)C1CCCCN1C(=O)c1ccco1. The van der Waals surface area contributed by atoms with Crippen LogP contribution < -0.4 is 5.32 Å². The number of hydrogen-bond acceptors (Lipinski definition) is 4. The summed E-state index contributed by atoms with van der Waals surface area (Å²) in [5, 5.41) is 12.9. The molecule has 6 nitrogen and oxygen atoms in total. The van der Waals surface area contributed by atoms with Gasteiger partial charge in [-0.1, -0.05) is 0 Å². The number of nitrogens with zero attached hydrogens (tertiary/aromatic N) is 1. The van der Waals surface area contributed by atoms with Crippen LogP contribution in [0.4, 0.5) is 0 Å². The van der Waals surface area contributed by atoms with E-state index in [-0.39, 0.29) is 24.1 Å². The standard InChI is InChI=1S/C16H22N2O4/c19-14(17-11-16(21)7-4-8-16)12-5-1-2-9-18(12)15(20)13-6-3-10-22-13/h3,6,10,12,21H,1-2,4-5,7-9,11H2,(H,17,19). The van der Waals surface area contributed by atoms with Gasteiger partial charge >= 0.3 is 0 Å². The van der Waals surface area contributed by atoms with Crippen molar-refractivity contribution < 1.29 is 19.1 Å². The first kappa shape index (κ1) is 15.1. The minimum Gasteiger partial charge on any atom is -0.459 e. The van der Waals surface area contributed by atoms with Crippen LogP contribution in [0.3, 0.4) is 0 Å². The molecule has 1 aliphatic carbocycles. The molecule has 0 bridgehead atoms. The smallest absolute Gasteiger partial charge is 0.290 e. The largest absolute Gasteiger partial charge is 0.459 e. The van der Waals surface area contributed by atoms with E-state index in [1.54, 1.807) is 17.0 Å². The molecule has 22 heavy (non-hydrogen) atoms. The lowest BCUT2D eigenvalue weighted by Gasteiger charge is -2.38. The van der Waals surface area contributed by atoms with Gasteiger partial charge in [-0.25, -0.2) is 0 Å². The number of hydrogen-bond donors (Lipinski definition) is 2. The number of rotatable bonds is 4. The Kier molecular flexibility index (Phi) is 4.20. The fraction of sp³-hybridized carbons (Fsp3) is 0.625. The first-order valence-corrected chi connectivity index (χ1v) is 7.94. The number of piperidine rings is 1. The van der Waals surface area contributed by atoms with Crippen molar-refractivity contribution in [1.82, 2.24) is 10.2 Å². The van der Waals surface area contributed by atoms with Crippen LogP contribution in [-0.4, -0.2) is 46.6 Å². The number of furan rings is 1. The molecule has 1 atom stereocenters. The Morgan fingerprint density at radius 1 is 1.36 bits per heavy atom. The summed E-state index contributed by atoms with van der Waals surface area (Å²) >= 11 is 0. The third-order valence-electron chi connectivity index (χ3n) is 4.67. The lowest BCUT2D eigenvalue weighted by Crippen LogP contribution is -2.55. The Labute approximate surface area is 129 Å². The zero-order chi connectivity index (χ0) is 15.6. The molecule has 0 radical (unpaired) electrons. The summed E-state index contributed by atoms with van der Waals surface area (Å²) in [4.78, 5) is 26.5. The summed E-state index contributed by atoms with van der Waals surface area (Å²) < 4.78 is 5.15. The van der Waals surface area contributed by atoms with Crippen LogP contribution in [0, 0.1) is 0 Å². The second kappa shape index (κ2) is 6.12.